The lowest BCUT2D eigenvalue weighted by Gasteiger charge is -2.12. The Morgan fingerprint density at radius 1 is 0.196 bits per heavy atom. The van der Waals surface area contributed by atoms with Crippen LogP contribution in [0.15, 0.2) is 304 Å². The fourth-order valence-corrected chi connectivity index (χ4v) is 14.3. The van der Waals surface area contributed by atoms with E-state index in [2.05, 4.69) is 376 Å². The van der Waals surface area contributed by atoms with E-state index in [-0.39, 0.29) is 0 Å². The molecular weight excluding hydrogens is 1360 g/mol. The van der Waals surface area contributed by atoms with E-state index in [1.54, 1.807) is 0 Å². The Morgan fingerprint density at radius 2 is 0.446 bits per heavy atom. The summed E-state index contributed by atoms with van der Waals surface area (Å²) in [7, 11) is 8.39. The fraction of sp³-hybridized carbons (Fsp3) is 0.226. The highest BCUT2D eigenvalue weighted by molar-refractivity contribution is 6.07. The Labute approximate surface area is 670 Å². The van der Waals surface area contributed by atoms with Gasteiger partial charge in [-0.1, -0.05) is 311 Å². The molecule has 18 rings (SSSR count). The molecule has 0 aliphatic heterocycles. The molecule has 0 spiro atoms. The van der Waals surface area contributed by atoms with Gasteiger partial charge in [-0.25, -0.2) is 18.3 Å². The average molecular weight is 1480 g/mol. The SMILES string of the molecule is CC.CC.CC.CC.CC.CC.CC.CC.Cc1c(-c2c3cc4ccccc4cc3cc[n+]2C)ccc2ccccc12.Cc1c(-c2c3cc4ccccc4cc3nc[n+]2C)ccc2ccccc12.Cc1ccccc1-c1c2cc3ccccc3cc2cc[n+]1C.Cc1ccccc1-c1c2cc3ccccc3cc2nc[n+]1C. The number of pyridine rings is 2. The summed E-state index contributed by atoms with van der Waals surface area (Å²) in [5, 5.41) is 22.8. The molecule has 0 saturated carbocycles. The Bertz CT molecular complexity index is 5720. The second-order valence-corrected chi connectivity index (χ2v) is 25.5. The number of aryl methyl sites for hydroxylation is 8. The summed E-state index contributed by atoms with van der Waals surface area (Å²) in [6.07, 6.45) is 8.14. The van der Waals surface area contributed by atoms with E-state index in [1.807, 2.05) is 123 Å². The van der Waals surface area contributed by atoms with Crippen molar-refractivity contribution in [2.24, 2.45) is 28.2 Å². The van der Waals surface area contributed by atoms with Gasteiger partial charge < -0.3 is 0 Å². The number of benzene rings is 14. The van der Waals surface area contributed by atoms with Crippen molar-refractivity contribution in [2.45, 2.75) is 138 Å². The van der Waals surface area contributed by atoms with Crippen molar-refractivity contribution in [3.05, 3.63) is 326 Å². The summed E-state index contributed by atoms with van der Waals surface area (Å²) in [5.41, 5.74) is 17.4. The van der Waals surface area contributed by atoms with Gasteiger partial charge in [0.15, 0.2) is 23.4 Å². The lowest BCUT2D eigenvalue weighted by atomic mass is 9.94. The molecule has 4 aromatic heterocycles. The summed E-state index contributed by atoms with van der Waals surface area (Å²) in [4.78, 5) is 9.28. The Balaban J connectivity index is 0.000000196. The van der Waals surface area contributed by atoms with Gasteiger partial charge in [0.05, 0.1) is 41.2 Å². The lowest BCUT2D eigenvalue weighted by Crippen LogP contribution is -2.31. The minimum Gasteiger partial charge on any atom is -0.232 e. The van der Waals surface area contributed by atoms with Gasteiger partial charge in [-0.05, 0) is 202 Å². The normalized spacial score (nSPS) is 10.1. The van der Waals surface area contributed by atoms with Crippen molar-refractivity contribution in [1.29, 1.82) is 0 Å². The summed E-state index contributed by atoms with van der Waals surface area (Å²) >= 11 is 0. The molecule has 572 valence electrons. The first-order chi connectivity index (χ1) is 54.9. The first kappa shape index (κ1) is 87.4. The molecule has 0 aliphatic carbocycles. The summed E-state index contributed by atoms with van der Waals surface area (Å²) < 4.78 is 8.71. The Hall–Kier alpha value is -11.9. The van der Waals surface area contributed by atoms with Crippen molar-refractivity contribution in [2.75, 3.05) is 0 Å². The van der Waals surface area contributed by atoms with Crippen molar-refractivity contribution in [3.63, 3.8) is 0 Å². The number of nitrogens with zero attached hydrogens (tertiary/aromatic N) is 6. The number of hydrogen-bond donors (Lipinski definition) is 0. The van der Waals surface area contributed by atoms with E-state index in [0.29, 0.717) is 0 Å². The molecule has 0 amide bonds. The van der Waals surface area contributed by atoms with Crippen LogP contribution in [0.2, 0.25) is 0 Å². The minimum atomic E-state index is 1.03. The van der Waals surface area contributed by atoms with Crippen LogP contribution < -0.4 is 18.3 Å². The largest absolute Gasteiger partial charge is 0.287 e. The zero-order chi connectivity index (χ0) is 81.6. The van der Waals surface area contributed by atoms with Crippen LogP contribution >= 0.6 is 0 Å². The second kappa shape index (κ2) is 43.5. The molecular formula is C106H122N6+4. The molecule has 0 radical (unpaired) electrons. The Morgan fingerprint density at radius 3 is 0.777 bits per heavy atom. The third-order valence-corrected chi connectivity index (χ3v) is 19.4. The highest BCUT2D eigenvalue weighted by Crippen LogP contribution is 2.37. The highest BCUT2D eigenvalue weighted by atomic mass is 15.0. The number of aromatic nitrogens is 6. The van der Waals surface area contributed by atoms with Gasteiger partial charge >= 0.3 is 0 Å². The van der Waals surface area contributed by atoms with Crippen LogP contribution in [0.25, 0.3) is 153 Å². The van der Waals surface area contributed by atoms with Crippen LogP contribution in [0.4, 0.5) is 0 Å². The smallest absolute Gasteiger partial charge is 0.232 e. The predicted molar refractivity (Wildman–Crippen MR) is 493 cm³/mol. The highest BCUT2D eigenvalue weighted by Gasteiger charge is 2.23. The van der Waals surface area contributed by atoms with Crippen molar-refractivity contribution < 1.29 is 18.3 Å². The van der Waals surface area contributed by atoms with Gasteiger partial charge in [0, 0.05) is 28.8 Å². The van der Waals surface area contributed by atoms with Crippen molar-refractivity contribution in [3.8, 4) is 45.0 Å². The molecule has 112 heavy (non-hydrogen) atoms. The zero-order valence-electron chi connectivity index (χ0n) is 71.6. The summed E-state index contributed by atoms with van der Waals surface area (Å²) in [5.74, 6) is 0. The quantitative estimate of drug-likeness (QED) is 0.130. The standard InChI is InChI=1S/C25H20N.C24H19N2.C21H18N.C20H17N2.8C2H6/c1-17-22-10-6-5-7-18(22)11-12-23(17)25-24-16-20-9-4-3-8-19(20)15-21(24)13-14-26(25)2;1-16-20-10-6-5-7-17(20)11-12-21(16)24-22-13-18-8-3-4-9-19(18)14-23(22)25-15-26(24)2;1-15-7-3-6-10-19(15)21-20-14-17-9-5-4-8-16(17)13-18(20)11-12-22(21)2;1-14-7-3-6-10-17(14)20-18-11-15-8-4-5-9-16(15)12-19(18)21-13-22(20)2;8*1-2/h3-16H,1-2H3;3-15H,1-2H3;3-14H,1-2H3;3-13H,1-2H3;8*1-2H3/q4*+1;;;;;;;;. The average Bonchev–Trinajstić information content (AvgIpc) is 0.761. The predicted octanol–water partition coefficient (Wildman–Crippen LogP) is 28.5. The zero-order valence-corrected chi connectivity index (χ0v) is 71.6. The number of rotatable bonds is 4. The van der Waals surface area contributed by atoms with Gasteiger partial charge in [0.2, 0.25) is 11.4 Å². The number of fused-ring (bicyclic) bond motifs is 10. The van der Waals surface area contributed by atoms with Crippen molar-refractivity contribution in [1.82, 2.24) is 9.97 Å². The van der Waals surface area contributed by atoms with Crippen LogP contribution in [0.1, 0.15) is 133 Å². The minimum absolute atomic E-state index is 1.03. The third-order valence-electron chi connectivity index (χ3n) is 19.4. The summed E-state index contributed by atoms with van der Waals surface area (Å²) in [6, 6.07) is 99.8. The molecule has 0 aliphatic rings. The topological polar surface area (TPSA) is 41.3 Å². The second-order valence-electron chi connectivity index (χ2n) is 25.5. The number of hydrogen-bond acceptors (Lipinski definition) is 2. The molecule has 0 unspecified atom stereocenters. The van der Waals surface area contributed by atoms with Gasteiger partial charge in [0.1, 0.15) is 25.5 Å². The molecule has 0 fully saturated rings. The van der Waals surface area contributed by atoms with E-state index in [0.717, 1.165) is 11.0 Å². The van der Waals surface area contributed by atoms with E-state index >= 15 is 0 Å². The van der Waals surface area contributed by atoms with Crippen LogP contribution in [0, 0.1) is 27.7 Å². The fourth-order valence-electron chi connectivity index (χ4n) is 14.3. The maximum absolute atomic E-state index is 4.67. The maximum Gasteiger partial charge on any atom is 0.287 e. The maximum atomic E-state index is 4.67. The van der Waals surface area contributed by atoms with Crippen LogP contribution in [-0.4, -0.2) is 9.97 Å². The summed E-state index contributed by atoms with van der Waals surface area (Å²) in [6.45, 7) is 40.8. The monoisotopic (exact) mass is 1480 g/mol. The van der Waals surface area contributed by atoms with E-state index < -0.39 is 0 Å². The molecule has 18 aromatic rings. The molecule has 14 aromatic carbocycles. The van der Waals surface area contributed by atoms with Gasteiger partial charge in [-0.3, -0.25) is 0 Å². The van der Waals surface area contributed by atoms with Gasteiger partial charge in [0.25, 0.3) is 12.7 Å². The van der Waals surface area contributed by atoms with E-state index in [1.165, 1.54) is 164 Å². The lowest BCUT2D eigenvalue weighted by molar-refractivity contribution is -0.662. The third kappa shape index (κ3) is 19.5. The molecule has 4 heterocycles. The van der Waals surface area contributed by atoms with Crippen LogP contribution in [0.3, 0.4) is 0 Å². The molecule has 6 nitrogen and oxygen atoms in total. The van der Waals surface area contributed by atoms with E-state index in [4.69, 9.17) is 0 Å². The molecule has 6 heteroatoms. The Kier molecular flexibility index (Phi) is 33.9. The van der Waals surface area contributed by atoms with E-state index in [9.17, 15) is 0 Å². The molecule has 0 saturated heterocycles. The molecule has 0 atom stereocenters. The molecule has 0 bridgehead atoms. The van der Waals surface area contributed by atoms with Crippen molar-refractivity contribution >= 4 is 108 Å². The molecule has 0 N–H and O–H groups in total. The first-order valence-corrected chi connectivity index (χ1v) is 41.0. The van der Waals surface area contributed by atoms with Crippen LogP contribution in [-0.2, 0) is 28.2 Å². The van der Waals surface area contributed by atoms with Gasteiger partial charge in [-0.2, -0.15) is 0 Å². The van der Waals surface area contributed by atoms with Crippen LogP contribution in [0.5, 0.6) is 0 Å². The van der Waals surface area contributed by atoms with Gasteiger partial charge in [-0.15, -0.1) is 0 Å². The first-order valence-electron chi connectivity index (χ1n) is 41.0.